The smallest absolute Gasteiger partial charge is 0.203 e. The Morgan fingerprint density at radius 3 is 2.26 bits per heavy atom. The number of fused-ring (bicyclic) bond motifs is 1. The van der Waals surface area contributed by atoms with Crippen LogP contribution in [0.4, 0.5) is 0 Å². The van der Waals surface area contributed by atoms with Crippen molar-refractivity contribution in [1.29, 1.82) is 0 Å². The minimum absolute atomic E-state index is 0.0176. The van der Waals surface area contributed by atoms with Crippen molar-refractivity contribution in [2.75, 3.05) is 0 Å². The number of rotatable bonds is 3. The number of aliphatic hydroxyl groups excluding tert-OH is 3. The molecule has 0 aliphatic carbocycles. The number of carbonyl (C=O) groups is 1. The lowest BCUT2D eigenvalue weighted by Crippen LogP contribution is -2.59. The summed E-state index contributed by atoms with van der Waals surface area (Å²) in [5.74, 6) is -1.64. The monoisotopic (exact) mass is 434 g/mol. The van der Waals surface area contributed by atoms with E-state index in [1.165, 1.54) is 37.3 Å². The van der Waals surface area contributed by atoms with Gasteiger partial charge in [-0.3, -0.25) is 4.79 Å². The first kappa shape index (κ1) is 21.3. The molecule has 1 saturated heterocycles. The standard InChI is InChI=1S/C21H22O10/c1-8-15(25)17(27)18(28)21(29-8)31-20-16(26)14-12(24)6-11(23)7-13(14)30-19(20)9-2-4-10(22)5-3-9/h2-8,15,17-25,27-28H,1H3/t8-,15-,17-,18-,19+,20-,21-/m0/s1. The van der Waals surface area contributed by atoms with Gasteiger partial charge in [0.2, 0.25) is 5.78 Å². The maximum Gasteiger partial charge on any atom is 0.203 e. The van der Waals surface area contributed by atoms with Crippen LogP contribution < -0.4 is 4.74 Å². The topological polar surface area (TPSA) is 166 Å². The average molecular weight is 434 g/mol. The van der Waals surface area contributed by atoms with E-state index >= 15 is 0 Å². The number of phenols is 3. The summed E-state index contributed by atoms with van der Waals surface area (Å²) < 4.78 is 17.0. The van der Waals surface area contributed by atoms with E-state index in [-0.39, 0.29) is 22.8 Å². The molecule has 10 nitrogen and oxygen atoms in total. The van der Waals surface area contributed by atoms with Crippen LogP contribution in [0.1, 0.15) is 28.9 Å². The Hall–Kier alpha value is -2.89. The largest absolute Gasteiger partial charge is 0.508 e. The number of hydrogen-bond acceptors (Lipinski definition) is 10. The summed E-state index contributed by atoms with van der Waals surface area (Å²) in [6.45, 7) is 1.47. The van der Waals surface area contributed by atoms with Crippen LogP contribution in [0.3, 0.4) is 0 Å². The zero-order valence-corrected chi connectivity index (χ0v) is 16.3. The third kappa shape index (κ3) is 3.80. The van der Waals surface area contributed by atoms with Crippen molar-refractivity contribution in [1.82, 2.24) is 0 Å². The van der Waals surface area contributed by atoms with E-state index in [0.717, 1.165) is 6.07 Å². The number of ether oxygens (including phenoxy) is 3. The Balaban J connectivity index is 1.73. The fourth-order valence-electron chi connectivity index (χ4n) is 3.72. The van der Waals surface area contributed by atoms with E-state index < -0.39 is 54.4 Å². The van der Waals surface area contributed by atoms with Gasteiger partial charge in [0.25, 0.3) is 0 Å². The van der Waals surface area contributed by atoms with E-state index in [1.807, 2.05) is 0 Å². The second kappa shape index (κ2) is 7.98. The highest BCUT2D eigenvalue weighted by Crippen LogP contribution is 2.43. The molecule has 1 fully saturated rings. The second-order valence-electron chi connectivity index (χ2n) is 7.57. The van der Waals surface area contributed by atoms with Gasteiger partial charge < -0.3 is 44.8 Å². The van der Waals surface area contributed by atoms with Crippen LogP contribution in [0.5, 0.6) is 23.0 Å². The van der Waals surface area contributed by atoms with Crippen LogP contribution in [-0.2, 0) is 9.47 Å². The fraction of sp³-hybridized carbons (Fsp3) is 0.381. The molecular formula is C21H22O10. The summed E-state index contributed by atoms with van der Waals surface area (Å²) in [4.78, 5) is 13.3. The number of hydrogen-bond donors (Lipinski definition) is 6. The van der Waals surface area contributed by atoms with Crippen LogP contribution in [0.2, 0.25) is 0 Å². The summed E-state index contributed by atoms with van der Waals surface area (Å²) in [7, 11) is 0. The minimum Gasteiger partial charge on any atom is -0.508 e. The lowest BCUT2D eigenvalue weighted by molar-refractivity contribution is -0.304. The zero-order chi connectivity index (χ0) is 22.4. The maximum absolute atomic E-state index is 13.3. The Morgan fingerprint density at radius 2 is 1.58 bits per heavy atom. The third-order valence-corrected chi connectivity index (χ3v) is 5.41. The van der Waals surface area contributed by atoms with Crippen LogP contribution in [0.15, 0.2) is 36.4 Å². The Kier molecular flexibility index (Phi) is 5.50. The van der Waals surface area contributed by atoms with Crippen molar-refractivity contribution in [3.8, 4) is 23.0 Å². The molecule has 0 aromatic heterocycles. The average Bonchev–Trinajstić information content (AvgIpc) is 2.72. The summed E-state index contributed by atoms with van der Waals surface area (Å²) in [6, 6.07) is 7.90. The highest BCUT2D eigenvalue weighted by molar-refractivity contribution is 6.05. The third-order valence-electron chi connectivity index (χ3n) is 5.41. The zero-order valence-electron chi connectivity index (χ0n) is 16.3. The predicted octanol–water partition coefficient (Wildman–Crippen LogP) is 0.332. The number of aromatic hydroxyl groups is 3. The molecule has 2 heterocycles. The van der Waals surface area contributed by atoms with Gasteiger partial charge in [-0.25, -0.2) is 0 Å². The van der Waals surface area contributed by atoms with Gasteiger partial charge in [-0.1, -0.05) is 12.1 Å². The van der Waals surface area contributed by atoms with E-state index in [0.29, 0.717) is 5.56 Å². The van der Waals surface area contributed by atoms with E-state index in [9.17, 15) is 35.4 Å². The van der Waals surface area contributed by atoms with Gasteiger partial charge in [0, 0.05) is 12.1 Å². The molecule has 4 rings (SSSR count). The molecule has 166 valence electrons. The highest BCUT2D eigenvalue weighted by atomic mass is 16.7. The lowest BCUT2D eigenvalue weighted by atomic mass is 9.92. The lowest BCUT2D eigenvalue weighted by Gasteiger charge is -2.42. The van der Waals surface area contributed by atoms with Crippen molar-refractivity contribution in [2.45, 2.75) is 49.8 Å². The van der Waals surface area contributed by atoms with Gasteiger partial charge >= 0.3 is 0 Å². The number of aliphatic hydroxyl groups is 3. The SMILES string of the molecule is C[C@@H]1O[C@@H](O[C@H]2C(=O)c3c(O)cc(O)cc3O[C@@H]2c2ccc(O)cc2)[C@@H](O)[C@@H](O)[C@H]1O. The molecule has 2 aromatic carbocycles. The van der Waals surface area contributed by atoms with Crippen molar-refractivity contribution in [2.24, 2.45) is 0 Å². The Morgan fingerprint density at radius 1 is 0.903 bits per heavy atom. The minimum atomic E-state index is -1.66. The molecule has 6 N–H and O–H groups in total. The molecule has 7 atom stereocenters. The Labute approximate surface area is 176 Å². The van der Waals surface area contributed by atoms with Crippen LogP contribution >= 0.6 is 0 Å². The molecule has 0 radical (unpaired) electrons. The Bertz CT molecular complexity index is 975. The quantitative estimate of drug-likeness (QED) is 0.396. The van der Waals surface area contributed by atoms with Gasteiger partial charge in [0.05, 0.1) is 6.10 Å². The summed E-state index contributed by atoms with van der Waals surface area (Å²) >= 11 is 0. The molecule has 10 heteroatoms. The predicted molar refractivity (Wildman–Crippen MR) is 103 cm³/mol. The number of phenolic OH excluding ortho intramolecular Hbond substituents is 3. The molecule has 2 aromatic rings. The fourth-order valence-corrected chi connectivity index (χ4v) is 3.72. The van der Waals surface area contributed by atoms with Crippen molar-refractivity contribution >= 4 is 5.78 Å². The van der Waals surface area contributed by atoms with Crippen LogP contribution in [0.25, 0.3) is 0 Å². The van der Waals surface area contributed by atoms with Crippen molar-refractivity contribution in [3.05, 3.63) is 47.5 Å². The molecule has 31 heavy (non-hydrogen) atoms. The first-order valence-corrected chi connectivity index (χ1v) is 9.58. The number of ketones is 1. The molecular weight excluding hydrogens is 412 g/mol. The van der Waals surface area contributed by atoms with Crippen LogP contribution in [0, 0.1) is 0 Å². The molecule has 0 spiro atoms. The molecule has 2 aliphatic rings. The van der Waals surface area contributed by atoms with Gasteiger partial charge in [-0.05, 0) is 24.6 Å². The van der Waals surface area contributed by atoms with Gasteiger partial charge in [-0.15, -0.1) is 0 Å². The summed E-state index contributed by atoms with van der Waals surface area (Å²) in [5, 5.41) is 59.8. The summed E-state index contributed by atoms with van der Waals surface area (Å²) in [5.41, 5.74) is 0.195. The molecule has 0 unspecified atom stereocenters. The van der Waals surface area contributed by atoms with E-state index in [1.54, 1.807) is 0 Å². The van der Waals surface area contributed by atoms with Gasteiger partial charge in [-0.2, -0.15) is 0 Å². The van der Waals surface area contributed by atoms with Gasteiger partial charge in [0.15, 0.2) is 18.5 Å². The normalized spacial score (nSPS) is 32.9. The van der Waals surface area contributed by atoms with Crippen LogP contribution in [-0.4, -0.2) is 73.2 Å². The van der Waals surface area contributed by atoms with Crippen molar-refractivity contribution in [3.63, 3.8) is 0 Å². The van der Waals surface area contributed by atoms with Gasteiger partial charge in [0.1, 0.15) is 46.9 Å². The number of benzene rings is 2. The first-order chi connectivity index (χ1) is 14.7. The molecule has 0 bridgehead atoms. The maximum atomic E-state index is 13.3. The number of carbonyl (C=O) groups excluding carboxylic acids is 1. The molecule has 0 saturated carbocycles. The van der Waals surface area contributed by atoms with E-state index in [2.05, 4.69) is 0 Å². The van der Waals surface area contributed by atoms with Crippen molar-refractivity contribution < 1.29 is 49.6 Å². The highest BCUT2D eigenvalue weighted by Gasteiger charge is 2.48. The second-order valence-corrected chi connectivity index (χ2v) is 7.57. The summed E-state index contributed by atoms with van der Waals surface area (Å²) in [6.07, 6.45) is -9.49. The van der Waals surface area contributed by atoms with E-state index in [4.69, 9.17) is 14.2 Å². The number of Topliss-reactive ketones (excluding diaryl/α,β-unsaturated/α-hetero) is 1. The molecule has 0 amide bonds. The molecule has 2 aliphatic heterocycles. The first-order valence-electron chi connectivity index (χ1n) is 9.58.